The molecular formula is C20H22F2N2O6. The van der Waals surface area contributed by atoms with Crippen molar-refractivity contribution in [2.75, 3.05) is 18.9 Å². The van der Waals surface area contributed by atoms with Crippen LogP contribution >= 0.6 is 0 Å². The molecule has 3 N–H and O–H groups in total. The SMILES string of the molecule is Cc1ccccc1CN(C)CC(=O)Nc1ccc(OC(F)F)cc1.O=C(O)C(=O)O. The molecule has 0 fully saturated rings. The average molecular weight is 424 g/mol. The van der Waals surface area contributed by atoms with Crippen LogP contribution in [0.3, 0.4) is 0 Å². The van der Waals surface area contributed by atoms with Crippen LogP contribution in [0.1, 0.15) is 11.1 Å². The first-order chi connectivity index (χ1) is 14.1. The van der Waals surface area contributed by atoms with Crippen molar-refractivity contribution in [3.8, 4) is 5.75 Å². The molecule has 0 aromatic heterocycles. The van der Waals surface area contributed by atoms with Crippen LogP contribution in [-0.4, -0.2) is 53.2 Å². The smallest absolute Gasteiger partial charge is 0.414 e. The summed E-state index contributed by atoms with van der Waals surface area (Å²) in [5.41, 5.74) is 2.88. The molecule has 0 atom stereocenters. The summed E-state index contributed by atoms with van der Waals surface area (Å²) in [5.74, 6) is -3.77. The number of halogens is 2. The first kappa shape index (κ1) is 24.5. The minimum absolute atomic E-state index is 0.0552. The lowest BCUT2D eigenvalue weighted by Gasteiger charge is -2.17. The van der Waals surface area contributed by atoms with Crippen molar-refractivity contribution in [1.29, 1.82) is 0 Å². The van der Waals surface area contributed by atoms with Crippen LogP contribution in [0.5, 0.6) is 5.75 Å². The molecule has 0 aliphatic rings. The summed E-state index contributed by atoms with van der Waals surface area (Å²) in [6.07, 6.45) is 0. The lowest BCUT2D eigenvalue weighted by molar-refractivity contribution is -0.159. The fourth-order valence-corrected chi connectivity index (χ4v) is 2.30. The first-order valence-corrected chi connectivity index (χ1v) is 8.62. The zero-order valence-electron chi connectivity index (χ0n) is 16.3. The van der Waals surface area contributed by atoms with Crippen molar-refractivity contribution in [1.82, 2.24) is 4.90 Å². The number of carbonyl (C=O) groups is 3. The Labute approximate surface area is 171 Å². The number of alkyl halides is 2. The Bertz CT molecular complexity index is 847. The highest BCUT2D eigenvalue weighted by molar-refractivity contribution is 6.27. The fourth-order valence-electron chi connectivity index (χ4n) is 2.30. The van der Waals surface area contributed by atoms with E-state index in [9.17, 15) is 13.6 Å². The maximum absolute atomic E-state index is 12.1. The largest absolute Gasteiger partial charge is 0.473 e. The molecule has 0 saturated carbocycles. The number of benzene rings is 2. The van der Waals surface area contributed by atoms with E-state index in [0.29, 0.717) is 12.2 Å². The molecule has 2 aromatic carbocycles. The number of carbonyl (C=O) groups excluding carboxylic acids is 1. The van der Waals surface area contributed by atoms with E-state index >= 15 is 0 Å². The van der Waals surface area contributed by atoms with Crippen LogP contribution in [0, 0.1) is 6.92 Å². The summed E-state index contributed by atoms with van der Waals surface area (Å²) < 4.78 is 28.4. The van der Waals surface area contributed by atoms with Gasteiger partial charge in [-0.15, -0.1) is 0 Å². The summed E-state index contributed by atoms with van der Waals surface area (Å²) in [7, 11) is 1.87. The van der Waals surface area contributed by atoms with Gasteiger partial charge in [-0.1, -0.05) is 24.3 Å². The number of carboxylic acids is 2. The Hall–Kier alpha value is -3.53. The Morgan fingerprint density at radius 3 is 2.10 bits per heavy atom. The predicted molar refractivity (Wildman–Crippen MR) is 104 cm³/mol. The molecule has 162 valence electrons. The number of nitrogens with one attached hydrogen (secondary N) is 1. The molecule has 10 heteroatoms. The number of aryl methyl sites for hydroxylation is 1. The zero-order chi connectivity index (χ0) is 22.7. The molecule has 0 aliphatic heterocycles. The fraction of sp³-hybridized carbons (Fsp3) is 0.250. The van der Waals surface area contributed by atoms with E-state index in [1.807, 2.05) is 43.1 Å². The second-order valence-corrected chi connectivity index (χ2v) is 6.16. The molecule has 1 amide bonds. The molecule has 2 aromatic rings. The number of rotatable bonds is 7. The van der Waals surface area contributed by atoms with Crippen molar-refractivity contribution in [3.63, 3.8) is 0 Å². The molecule has 2 rings (SSSR count). The number of amides is 1. The third-order valence-corrected chi connectivity index (χ3v) is 3.66. The van der Waals surface area contributed by atoms with E-state index in [1.54, 1.807) is 0 Å². The number of nitrogens with zero attached hydrogens (tertiary/aromatic N) is 1. The van der Waals surface area contributed by atoms with Crippen molar-refractivity contribution < 1.29 is 38.1 Å². The third kappa shape index (κ3) is 9.60. The van der Waals surface area contributed by atoms with Gasteiger partial charge in [0, 0.05) is 12.2 Å². The monoisotopic (exact) mass is 424 g/mol. The number of carboxylic acid groups (broad SMARTS) is 2. The summed E-state index contributed by atoms with van der Waals surface area (Å²) >= 11 is 0. The Balaban J connectivity index is 0.000000656. The number of likely N-dealkylation sites (N-methyl/N-ethyl adjacent to an activating group) is 1. The zero-order valence-corrected chi connectivity index (χ0v) is 16.3. The summed E-state index contributed by atoms with van der Waals surface area (Å²) in [6, 6.07) is 13.8. The molecule has 0 spiro atoms. The molecule has 0 aliphatic carbocycles. The number of aliphatic carboxylic acids is 2. The highest BCUT2D eigenvalue weighted by Gasteiger charge is 2.09. The molecule has 0 bridgehead atoms. The van der Waals surface area contributed by atoms with Gasteiger partial charge in [0.15, 0.2) is 0 Å². The molecule has 30 heavy (non-hydrogen) atoms. The van der Waals surface area contributed by atoms with Gasteiger partial charge in [0.05, 0.1) is 6.54 Å². The van der Waals surface area contributed by atoms with Gasteiger partial charge in [0.1, 0.15) is 5.75 Å². The van der Waals surface area contributed by atoms with E-state index in [1.165, 1.54) is 35.4 Å². The molecule has 0 heterocycles. The van der Waals surface area contributed by atoms with Crippen molar-refractivity contribution in [3.05, 3.63) is 59.7 Å². The Morgan fingerprint density at radius 1 is 1.03 bits per heavy atom. The number of anilines is 1. The topological polar surface area (TPSA) is 116 Å². The second-order valence-electron chi connectivity index (χ2n) is 6.16. The van der Waals surface area contributed by atoms with E-state index in [2.05, 4.69) is 10.1 Å². The van der Waals surface area contributed by atoms with Gasteiger partial charge in [0.2, 0.25) is 5.91 Å². The summed E-state index contributed by atoms with van der Waals surface area (Å²) in [4.78, 5) is 32.2. The molecule has 8 nitrogen and oxygen atoms in total. The standard InChI is InChI=1S/C18H20F2N2O2.C2H2O4/c1-13-5-3-4-6-14(13)11-22(2)12-17(23)21-15-7-9-16(10-8-15)24-18(19)20;3-1(4)2(5)6/h3-10,18H,11-12H2,1-2H3,(H,21,23);(H,3,4)(H,5,6). The predicted octanol–water partition coefficient (Wildman–Crippen LogP) is 2.82. The van der Waals surface area contributed by atoms with Gasteiger partial charge in [-0.25, -0.2) is 9.59 Å². The first-order valence-electron chi connectivity index (χ1n) is 8.62. The third-order valence-electron chi connectivity index (χ3n) is 3.66. The Morgan fingerprint density at radius 2 is 1.60 bits per heavy atom. The molecule has 0 unspecified atom stereocenters. The van der Waals surface area contributed by atoms with Crippen LogP contribution in [-0.2, 0) is 20.9 Å². The van der Waals surface area contributed by atoms with E-state index in [4.69, 9.17) is 19.8 Å². The summed E-state index contributed by atoms with van der Waals surface area (Å²) in [5, 5.41) is 17.5. The van der Waals surface area contributed by atoms with Crippen molar-refractivity contribution in [2.24, 2.45) is 0 Å². The lowest BCUT2D eigenvalue weighted by Crippen LogP contribution is -2.30. The highest BCUT2D eigenvalue weighted by atomic mass is 19.3. The van der Waals surface area contributed by atoms with Crippen LogP contribution < -0.4 is 10.1 Å². The van der Waals surface area contributed by atoms with Crippen LogP contribution in [0.25, 0.3) is 0 Å². The Kier molecular flexibility index (Phi) is 9.90. The molecule has 0 radical (unpaired) electrons. The van der Waals surface area contributed by atoms with E-state index in [-0.39, 0.29) is 18.2 Å². The van der Waals surface area contributed by atoms with E-state index in [0.717, 1.165) is 0 Å². The van der Waals surface area contributed by atoms with Gasteiger partial charge >= 0.3 is 18.6 Å². The van der Waals surface area contributed by atoms with Gasteiger partial charge < -0.3 is 20.3 Å². The van der Waals surface area contributed by atoms with Gasteiger partial charge in [-0.05, 0) is 49.4 Å². The highest BCUT2D eigenvalue weighted by Crippen LogP contribution is 2.17. The molecule has 0 saturated heterocycles. The van der Waals surface area contributed by atoms with Crippen molar-refractivity contribution >= 4 is 23.5 Å². The van der Waals surface area contributed by atoms with Crippen LogP contribution in [0.4, 0.5) is 14.5 Å². The quantitative estimate of drug-likeness (QED) is 0.585. The summed E-state index contributed by atoms with van der Waals surface area (Å²) in [6.45, 7) is 0.0671. The average Bonchev–Trinajstić information content (AvgIpc) is 2.65. The normalized spacial score (nSPS) is 10.2. The second kappa shape index (κ2) is 12.1. The van der Waals surface area contributed by atoms with E-state index < -0.39 is 18.6 Å². The maximum Gasteiger partial charge on any atom is 0.414 e. The minimum Gasteiger partial charge on any atom is -0.473 e. The van der Waals surface area contributed by atoms with Crippen molar-refractivity contribution in [2.45, 2.75) is 20.1 Å². The van der Waals surface area contributed by atoms with Crippen LogP contribution in [0.2, 0.25) is 0 Å². The van der Waals surface area contributed by atoms with Gasteiger partial charge in [0.25, 0.3) is 0 Å². The maximum atomic E-state index is 12.1. The number of ether oxygens (including phenoxy) is 1. The van der Waals surface area contributed by atoms with Gasteiger partial charge in [-0.2, -0.15) is 8.78 Å². The number of hydrogen-bond acceptors (Lipinski definition) is 5. The molecular weight excluding hydrogens is 402 g/mol. The lowest BCUT2D eigenvalue weighted by atomic mass is 10.1. The number of hydrogen-bond donors (Lipinski definition) is 3. The van der Waals surface area contributed by atoms with Crippen LogP contribution in [0.15, 0.2) is 48.5 Å². The van der Waals surface area contributed by atoms with Gasteiger partial charge in [-0.3, -0.25) is 9.69 Å². The minimum atomic E-state index is -2.86.